The van der Waals surface area contributed by atoms with Crippen LogP contribution in [0.25, 0.3) is 0 Å². The minimum absolute atomic E-state index is 0.492. The first-order chi connectivity index (χ1) is 6.29. The monoisotopic (exact) mass is 306 g/mol. The van der Waals surface area contributed by atoms with Crippen LogP contribution >= 0.6 is 34.4 Å². The molecule has 0 saturated heterocycles. The Hall–Kier alpha value is 0.1000. The molecule has 0 aliphatic heterocycles. The second-order valence-electron chi connectivity index (χ2n) is 3.11. The van der Waals surface area contributed by atoms with Gasteiger partial charge in [0.25, 0.3) is 0 Å². The lowest BCUT2D eigenvalue weighted by molar-refractivity contribution is 0.296. The first-order valence-corrected chi connectivity index (χ1v) is 6.60. The topological polar surface area (TPSA) is 9.23 Å². The van der Waals surface area contributed by atoms with E-state index in [1.165, 1.54) is 21.3 Å². The largest absolute Gasteiger partial charge is 0.489 e. The van der Waals surface area contributed by atoms with Crippen molar-refractivity contribution in [1.29, 1.82) is 0 Å². The maximum Gasteiger partial charge on any atom is 0.133 e. The molecule has 1 saturated carbocycles. The van der Waals surface area contributed by atoms with Crippen molar-refractivity contribution >= 4 is 34.4 Å². The quantitative estimate of drug-likeness (QED) is 0.624. The minimum atomic E-state index is 0.492. The molecule has 0 bridgehead atoms. The second kappa shape index (κ2) is 4.09. The molecule has 2 rings (SSSR count). The van der Waals surface area contributed by atoms with E-state index in [4.69, 9.17) is 4.74 Å². The first-order valence-electron chi connectivity index (χ1n) is 4.30. The van der Waals surface area contributed by atoms with Crippen molar-refractivity contribution in [2.24, 2.45) is 0 Å². The number of benzene rings is 1. The van der Waals surface area contributed by atoms with Gasteiger partial charge in [-0.2, -0.15) is 0 Å². The maximum atomic E-state index is 5.78. The lowest BCUT2D eigenvalue weighted by Crippen LogP contribution is -1.97. The second-order valence-corrected chi connectivity index (χ2v) is 5.21. The van der Waals surface area contributed by atoms with Crippen LogP contribution in [0.2, 0.25) is 0 Å². The van der Waals surface area contributed by atoms with Gasteiger partial charge >= 0.3 is 0 Å². The molecule has 1 fully saturated rings. The van der Waals surface area contributed by atoms with Crippen LogP contribution in [0.1, 0.15) is 12.8 Å². The van der Waals surface area contributed by atoms with Crippen molar-refractivity contribution in [3.63, 3.8) is 0 Å². The molecule has 0 radical (unpaired) electrons. The van der Waals surface area contributed by atoms with Crippen LogP contribution < -0.4 is 4.74 Å². The van der Waals surface area contributed by atoms with Gasteiger partial charge in [-0.3, -0.25) is 0 Å². The molecule has 13 heavy (non-hydrogen) atoms. The minimum Gasteiger partial charge on any atom is -0.489 e. The summed E-state index contributed by atoms with van der Waals surface area (Å²) < 4.78 is 7.05. The summed E-state index contributed by atoms with van der Waals surface area (Å²) in [5.41, 5.74) is 0. The molecule has 3 heteroatoms. The molecule has 1 aromatic rings. The van der Waals surface area contributed by atoms with Gasteiger partial charge in [0.15, 0.2) is 0 Å². The highest BCUT2D eigenvalue weighted by atomic mass is 127. The Balaban J connectivity index is 2.21. The number of ether oxygens (including phenoxy) is 1. The van der Waals surface area contributed by atoms with Gasteiger partial charge in [-0.1, -0.05) is 0 Å². The van der Waals surface area contributed by atoms with Gasteiger partial charge < -0.3 is 4.74 Å². The van der Waals surface area contributed by atoms with Crippen molar-refractivity contribution in [2.75, 3.05) is 6.26 Å². The average Bonchev–Trinajstić information content (AvgIpc) is 2.92. The lowest BCUT2D eigenvalue weighted by Gasteiger charge is -2.08. The zero-order valence-corrected chi connectivity index (χ0v) is 10.4. The third kappa shape index (κ3) is 2.53. The number of rotatable bonds is 3. The Labute approximate surface area is 96.4 Å². The van der Waals surface area contributed by atoms with E-state index in [9.17, 15) is 0 Å². The molecule has 0 N–H and O–H groups in total. The standard InChI is InChI=1S/C10H11IOS/c1-13-10-6-7(11)2-5-9(10)12-8-3-4-8/h2,5-6,8H,3-4H2,1H3. The van der Waals surface area contributed by atoms with Crippen LogP contribution in [-0.2, 0) is 0 Å². The fraction of sp³-hybridized carbons (Fsp3) is 0.400. The molecule has 1 nitrogen and oxygen atoms in total. The SMILES string of the molecule is CSc1cc(I)ccc1OC1CC1. The molecule has 1 aliphatic rings. The van der Waals surface area contributed by atoms with Gasteiger partial charge in [-0.05, 0) is 59.9 Å². The van der Waals surface area contributed by atoms with E-state index in [0.29, 0.717) is 6.10 Å². The molecule has 0 amide bonds. The Morgan fingerprint density at radius 1 is 1.46 bits per heavy atom. The van der Waals surface area contributed by atoms with Crippen LogP contribution in [0.15, 0.2) is 23.1 Å². The van der Waals surface area contributed by atoms with Crippen LogP contribution in [0.5, 0.6) is 5.75 Å². The van der Waals surface area contributed by atoms with Crippen molar-refractivity contribution in [2.45, 2.75) is 23.8 Å². The maximum absolute atomic E-state index is 5.78. The van der Waals surface area contributed by atoms with Crippen molar-refractivity contribution < 1.29 is 4.74 Å². The van der Waals surface area contributed by atoms with Crippen molar-refractivity contribution in [3.05, 3.63) is 21.8 Å². The summed E-state index contributed by atoms with van der Waals surface area (Å²) in [6, 6.07) is 6.34. The summed E-state index contributed by atoms with van der Waals surface area (Å²) in [4.78, 5) is 1.25. The predicted molar refractivity (Wildman–Crippen MR) is 64.6 cm³/mol. The third-order valence-corrected chi connectivity index (χ3v) is 3.37. The van der Waals surface area contributed by atoms with Crippen molar-refractivity contribution in [3.8, 4) is 5.75 Å². The summed E-state index contributed by atoms with van der Waals surface area (Å²) in [7, 11) is 0. The van der Waals surface area contributed by atoms with E-state index in [-0.39, 0.29) is 0 Å². The first kappa shape index (κ1) is 9.65. The predicted octanol–water partition coefficient (Wildman–Crippen LogP) is 3.55. The van der Waals surface area contributed by atoms with Crippen LogP contribution in [0.3, 0.4) is 0 Å². The highest BCUT2D eigenvalue weighted by Crippen LogP contribution is 2.34. The van der Waals surface area contributed by atoms with E-state index in [2.05, 4.69) is 47.0 Å². The lowest BCUT2D eigenvalue weighted by atomic mass is 10.3. The molecule has 0 unspecified atom stereocenters. The Morgan fingerprint density at radius 3 is 2.85 bits per heavy atom. The Kier molecular flexibility index (Phi) is 3.03. The van der Waals surface area contributed by atoms with Crippen molar-refractivity contribution in [1.82, 2.24) is 0 Å². The molecule has 70 valence electrons. The average molecular weight is 306 g/mol. The van der Waals surface area contributed by atoms with Gasteiger partial charge in [0, 0.05) is 3.57 Å². The molecule has 1 aliphatic carbocycles. The Morgan fingerprint density at radius 2 is 2.23 bits per heavy atom. The zero-order chi connectivity index (χ0) is 9.26. The number of thioether (sulfide) groups is 1. The van der Waals surface area contributed by atoms with E-state index >= 15 is 0 Å². The summed E-state index contributed by atoms with van der Waals surface area (Å²) in [5, 5.41) is 0. The smallest absolute Gasteiger partial charge is 0.133 e. The fourth-order valence-corrected chi connectivity index (χ4v) is 2.37. The molecule has 0 atom stereocenters. The molecule has 0 spiro atoms. The van der Waals surface area contributed by atoms with E-state index in [0.717, 1.165) is 5.75 Å². The highest BCUT2D eigenvalue weighted by Gasteiger charge is 2.24. The molecule has 0 heterocycles. The molecule has 0 aromatic heterocycles. The third-order valence-electron chi connectivity index (χ3n) is 1.94. The summed E-state index contributed by atoms with van der Waals surface area (Å²) in [6.07, 6.45) is 5.02. The van der Waals surface area contributed by atoms with Gasteiger partial charge in [-0.25, -0.2) is 0 Å². The molecular weight excluding hydrogens is 295 g/mol. The van der Waals surface area contributed by atoms with Crippen LogP contribution in [0, 0.1) is 3.57 Å². The van der Waals surface area contributed by atoms with Crippen LogP contribution in [-0.4, -0.2) is 12.4 Å². The Bertz CT molecular complexity index is 310. The zero-order valence-electron chi connectivity index (χ0n) is 7.42. The van der Waals surface area contributed by atoms with Gasteiger partial charge in [-0.15, -0.1) is 11.8 Å². The number of hydrogen-bond donors (Lipinski definition) is 0. The van der Waals surface area contributed by atoms with Gasteiger partial charge in [0.05, 0.1) is 11.0 Å². The van der Waals surface area contributed by atoms with Gasteiger partial charge in [0.2, 0.25) is 0 Å². The van der Waals surface area contributed by atoms with E-state index in [1.54, 1.807) is 11.8 Å². The normalized spacial score (nSPS) is 15.8. The fourth-order valence-electron chi connectivity index (χ4n) is 1.10. The molecular formula is C10H11IOS. The van der Waals surface area contributed by atoms with E-state index in [1.807, 2.05) is 0 Å². The summed E-state index contributed by atoms with van der Waals surface area (Å²) in [5.74, 6) is 1.05. The van der Waals surface area contributed by atoms with Crippen LogP contribution in [0.4, 0.5) is 0 Å². The highest BCUT2D eigenvalue weighted by molar-refractivity contribution is 14.1. The summed E-state index contributed by atoms with van der Waals surface area (Å²) in [6.45, 7) is 0. The molecule has 1 aromatic carbocycles. The summed E-state index contributed by atoms with van der Waals surface area (Å²) >= 11 is 4.08. The number of hydrogen-bond acceptors (Lipinski definition) is 2. The number of halogens is 1. The van der Waals surface area contributed by atoms with Gasteiger partial charge in [0.1, 0.15) is 5.75 Å². The van der Waals surface area contributed by atoms with E-state index < -0.39 is 0 Å².